The number of amides is 1. The first-order valence-corrected chi connectivity index (χ1v) is 12.8. The molecule has 1 fully saturated rings. The Bertz CT molecular complexity index is 1610. The van der Waals surface area contributed by atoms with Gasteiger partial charge in [-0.3, -0.25) is 14.5 Å². The van der Waals surface area contributed by atoms with Gasteiger partial charge in [-0.1, -0.05) is 39.4 Å². The number of ketones is 1. The summed E-state index contributed by atoms with van der Waals surface area (Å²) in [5.74, 6) is -1.56. The van der Waals surface area contributed by atoms with Crippen LogP contribution in [-0.2, 0) is 16.0 Å². The number of carbonyl (C=O) groups excluding carboxylic acids is 2. The highest BCUT2D eigenvalue weighted by atomic mass is 79.9. The second kappa shape index (κ2) is 8.53. The summed E-state index contributed by atoms with van der Waals surface area (Å²) in [5, 5.41) is 11.7. The molecule has 2 atom stereocenters. The van der Waals surface area contributed by atoms with Crippen LogP contribution >= 0.6 is 27.3 Å². The zero-order valence-corrected chi connectivity index (χ0v) is 21.3. The third kappa shape index (κ3) is 3.70. The second-order valence-corrected chi connectivity index (χ2v) is 10.7. The van der Waals surface area contributed by atoms with Crippen LogP contribution in [0.3, 0.4) is 0 Å². The molecule has 36 heavy (non-hydrogen) atoms. The maximum Gasteiger partial charge on any atom is 0.301 e. The number of ether oxygens (including phenoxy) is 1. The topological polar surface area (TPSA) is 79.7 Å². The Hall–Kier alpha value is -3.56. The number of halogens is 2. The molecule has 3 heterocycles. The number of Topliss-reactive ketones (excluding diaryl/α,β-unsaturated/α-hetero) is 1. The van der Waals surface area contributed by atoms with Gasteiger partial charge in [-0.05, 0) is 66.6 Å². The van der Waals surface area contributed by atoms with Gasteiger partial charge >= 0.3 is 5.91 Å². The van der Waals surface area contributed by atoms with Crippen LogP contribution in [0.2, 0.25) is 0 Å². The maximum atomic E-state index is 13.8. The van der Waals surface area contributed by atoms with Gasteiger partial charge in [0.05, 0.1) is 21.8 Å². The summed E-state index contributed by atoms with van der Waals surface area (Å²) in [4.78, 5) is 32.6. The number of rotatable bonds is 3. The highest BCUT2D eigenvalue weighted by Crippen LogP contribution is 2.45. The number of anilines is 1. The normalized spacial score (nSPS) is 20.7. The second-order valence-electron chi connectivity index (χ2n) is 8.79. The minimum atomic E-state index is -0.920. The van der Waals surface area contributed by atoms with E-state index in [-0.39, 0.29) is 22.6 Å². The fourth-order valence-corrected chi connectivity index (χ4v) is 6.17. The average molecular weight is 565 g/mol. The average Bonchev–Trinajstić information content (AvgIpc) is 3.50. The molecule has 2 unspecified atom stereocenters. The monoisotopic (exact) mass is 564 g/mol. The van der Waals surface area contributed by atoms with Gasteiger partial charge in [0.15, 0.2) is 5.13 Å². The standard InChI is InChI=1S/C27H18BrFN2O4S/c1-13-9-16-10-15(5-8-20(16)35-13)24(32)22-23(14-3-2-4-17(28)11-14)31(26(34)25(22)33)27-30-19-7-6-18(29)12-21(19)36-27/h2-8,10-13,23,32H,9H2,1H3/b24-22-. The highest BCUT2D eigenvalue weighted by Gasteiger charge is 2.48. The van der Waals surface area contributed by atoms with Gasteiger partial charge in [0.1, 0.15) is 23.4 Å². The number of aliphatic hydroxyl groups is 1. The maximum absolute atomic E-state index is 13.8. The van der Waals surface area contributed by atoms with Crippen molar-refractivity contribution in [1.29, 1.82) is 0 Å². The zero-order valence-electron chi connectivity index (χ0n) is 18.9. The Morgan fingerprint density at radius 2 is 2.00 bits per heavy atom. The summed E-state index contributed by atoms with van der Waals surface area (Å²) >= 11 is 4.57. The van der Waals surface area contributed by atoms with E-state index >= 15 is 0 Å². The third-order valence-corrected chi connectivity index (χ3v) is 7.83. The molecule has 2 aliphatic heterocycles. The Labute approximate surface area is 217 Å². The van der Waals surface area contributed by atoms with E-state index in [9.17, 15) is 19.1 Å². The van der Waals surface area contributed by atoms with Gasteiger partial charge in [-0.25, -0.2) is 9.37 Å². The molecule has 6 nitrogen and oxygen atoms in total. The van der Waals surface area contributed by atoms with E-state index in [0.717, 1.165) is 27.1 Å². The quantitative estimate of drug-likeness (QED) is 0.183. The number of benzene rings is 3. The molecule has 1 aromatic heterocycles. The highest BCUT2D eigenvalue weighted by molar-refractivity contribution is 9.10. The van der Waals surface area contributed by atoms with Gasteiger partial charge in [0.2, 0.25) is 0 Å². The molecule has 1 saturated heterocycles. The van der Waals surface area contributed by atoms with Gasteiger partial charge < -0.3 is 9.84 Å². The molecular formula is C27H18BrFN2O4S. The summed E-state index contributed by atoms with van der Waals surface area (Å²) < 4.78 is 20.9. The van der Waals surface area contributed by atoms with Crippen LogP contribution in [0, 0.1) is 5.82 Å². The molecule has 2 aliphatic rings. The molecule has 0 saturated carbocycles. The molecule has 9 heteroatoms. The number of thiazole rings is 1. The molecule has 0 spiro atoms. The fourth-order valence-electron chi connectivity index (χ4n) is 4.74. The van der Waals surface area contributed by atoms with E-state index in [1.807, 2.05) is 13.0 Å². The smallest absolute Gasteiger partial charge is 0.301 e. The summed E-state index contributed by atoms with van der Waals surface area (Å²) in [6.45, 7) is 1.96. The van der Waals surface area contributed by atoms with Gasteiger partial charge in [-0.2, -0.15) is 0 Å². The number of hydrogen-bond acceptors (Lipinski definition) is 6. The van der Waals surface area contributed by atoms with E-state index in [1.54, 1.807) is 36.4 Å². The molecule has 0 radical (unpaired) electrons. The van der Waals surface area contributed by atoms with Crippen molar-refractivity contribution in [2.24, 2.45) is 0 Å². The molecule has 180 valence electrons. The van der Waals surface area contributed by atoms with Crippen molar-refractivity contribution >= 4 is 60.1 Å². The molecule has 1 amide bonds. The van der Waals surface area contributed by atoms with E-state index < -0.39 is 23.5 Å². The third-order valence-electron chi connectivity index (χ3n) is 6.32. The lowest BCUT2D eigenvalue weighted by Crippen LogP contribution is -2.29. The van der Waals surface area contributed by atoms with Crippen LogP contribution < -0.4 is 9.64 Å². The lowest BCUT2D eigenvalue weighted by molar-refractivity contribution is -0.132. The lowest BCUT2D eigenvalue weighted by Gasteiger charge is -2.23. The predicted octanol–water partition coefficient (Wildman–Crippen LogP) is 6.15. The Morgan fingerprint density at radius 1 is 1.17 bits per heavy atom. The van der Waals surface area contributed by atoms with Crippen LogP contribution in [0.15, 0.2) is 70.7 Å². The lowest BCUT2D eigenvalue weighted by atomic mass is 9.94. The first-order valence-electron chi connectivity index (χ1n) is 11.2. The summed E-state index contributed by atoms with van der Waals surface area (Å²) in [5.41, 5.74) is 2.45. The van der Waals surface area contributed by atoms with Crippen LogP contribution in [-0.4, -0.2) is 27.9 Å². The largest absolute Gasteiger partial charge is 0.507 e. The molecule has 4 aromatic rings. The summed E-state index contributed by atoms with van der Waals surface area (Å²) in [7, 11) is 0. The first kappa shape index (κ1) is 22.9. The number of nitrogens with zero attached hydrogens (tertiary/aromatic N) is 2. The SMILES string of the molecule is CC1Cc2cc(/C(O)=C3/C(=O)C(=O)N(c4nc5ccc(F)cc5s4)C3c3cccc(Br)c3)ccc2O1. The summed E-state index contributed by atoms with van der Waals surface area (Å²) in [6.07, 6.45) is 0.704. The number of aromatic nitrogens is 1. The number of hydrogen-bond donors (Lipinski definition) is 1. The van der Waals surface area contributed by atoms with Crippen molar-refractivity contribution in [3.8, 4) is 5.75 Å². The van der Waals surface area contributed by atoms with Crippen LogP contribution in [0.1, 0.15) is 29.7 Å². The van der Waals surface area contributed by atoms with Crippen LogP contribution in [0.5, 0.6) is 5.75 Å². The number of aliphatic hydroxyl groups excluding tert-OH is 1. The molecule has 0 bridgehead atoms. The van der Waals surface area contributed by atoms with Gasteiger partial charge in [0, 0.05) is 16.5 Å². The zero-order chi connectivity index (χ0) is 25.1. The first-order chi connectivity index (χ1) is 17.3. The van der Waals surface area contributed by atoms with Crippen molar-refractivity contribution in [3.05, 3.63) is 93.2 Å². The minimum absolute atomic E-state index is 0.0218. The number of carbonyl (C=O) groups is 2. The van der Waals surface area contributed by atoms with Crippen molar-refractivity contribution in [3.63, 3.8) is 0 Å². The predicted molar refractivity (Wildman–Crippen MR) is 139 cm³/mol. The molecule has 6 rings (SSSR count). The van der Waals surface area contributed by atoms with E-state index in [1.165, 1.54) is 23.1 Å². The van der Waals surface area contributed by atoms with Gasteiger partial charge in [0.25, 0.3) is 5.78 Å². The molecule has 0 aliphatic carbocycles. The molecule has 1 N–H and O–H groups in total. The van der Waals surface area contributed by atoms with Crippen LogP contribution in [0.25, 0.3) is 16.0 Å². The Morgan fingerprint density at radius 3 is 2.81 bits per heavy atom. The van der Waals surface area contributed by atoms with E-state index in [4.69, 9.17) is 4.74 Å². The number of fused-ring (bicyclic) bond motifs is 2. The van der Waals surface area contributed by atoms with Crippen molar-refractivity contribution < 1.29 is 23.8 Å². The van der Waals surface area contributed by atoms with Crippen molar-refractivity contribution in [1.82, 2.24) is 4.98 Å². The van der Waals surface area contributed by atoms with Gasteiger partial charge in [-0.15, -0.1) is 0 Å². The Kier molecular flexibility index (Phi) is 5.42. The molecule has 3 aromatic carbocycles. The summed E-state index contributed by atoms with van der Waals surface area (Å²) in [6, 6.07) is 15.7. The Balaban J connectivity index is 1.54. The van der Waals surface area contributed by atoms with Crippen molar-refractivity contribution in [2.45, 2.75) is 25.5 Å². The van der Waals surface area contributed by atoms with E-state index in [2.05, 4.69) is 20.9 Å². The van der Waals surface area contributed by atoms with Crippen molar-refractivity contribution in [2.75, 3.05) is 4.90 Å². The molecular weight excluding hydrogens is 547 g/mol. The van der Waals surface area contributed by atoms with E-state index in [0.29, 0.717) is 27.8 Å². The minimum Gasteiger partial charge on any atom is -0.507 e. The van der Waals surface area contributed by atoms with Crippen LogP contribution in [0.4, 0.5) is 9.52 Å². The fraction of sp³-hybridized carbons (Fsp3) is 0.148.